The topological polar surface area (TPSA) is 148 Å². The van der Waals surface area contributed by atoms with E-state index in [1.54, 1.807) is 0 Å². The van der Waals surface area contributed by atoms with Crippen molar-refractivity contribution in [3.05, 3.63) is 287 Å². The normalized spacial score (nSPS) is 22.8. The second kappa shape index (κ2) is 33.0. The van der Waals surface area contributed by atoms with E-state index in [4.69, 9.17) is 56.8 Å². The third-order valence-corrected chi connectivity index (χ3v) is 14.9. The van der Waals surface area contributed by atoms with Gasteiger partial charge < -0.3 is 61.9 Å². The van der Waals surface area contributed by atoms with E-state index in [9.17, 15) is 9.90 Å². The van der Waals surface area contributed by atoms with Gasteiger partial charge in [0.15, 0.2) is 18.7 Å². The van der Waals surface area contributed by atoms with Gasteiger partial charge in [-0.25, -0.2) is 0 Å². The van der Waals surface area contributed by atoms with Crippen LogP contribution in [-0.4, -0.2) is 97.9 Å². The van der Waals surface area contributed by atoms with Crippen molar-refractivity contribution in [3.63, 3.8) is 0 Å². The summed E-state index contributed by atoms with van der Waals surface area (Å²) in [6.45, 7) is 2.71. The largest absolute Gasteiger partial charge is 0.454 e. The maximum Gasteiger partial charge on any atom is 0.303 e. The fourth-order valence-corrected chi connectivity index (χ4v) is 10.6. The first-order chi connectivity index (χ1) is 42.4. The molecule has 448 valence electrons. The van der Waals surface area contributed by atoms with Gasteiger partial charge in [-0.1, -0.05) is 243 Å². The minimum atomic E-state index is -1.73. The molecule has 0 unspecified atom stereocenters. The first-order valence-corrected chi connectivity index (χ1v) is 29.4. The first-order valence-electron chi connectivity index (χ1n) is 29.4. The van der Waals surface area contributed by atoms with Crippen LogP contribution in [0.1, 0.15) is 51.4 Å². The lowest BCUT2D eigenvalue weighted by Crippen LogP contribution is -2.68. The Morgan fingerprint density at radius 3 is 0.965 bits per heavy atom. The number of aliphatic hydroxyl groups excluding tert-OH is 1. The minimum absolute atomic E-state index is 0.0275. The molecule has 0 amide bonds. The van der Waals surface area contributed by atoms with Crippen molar-refractivity contribution >= 4 is 5.97 Å². The molecule has 0 aliphatic carbocycles. The summed E-state index contributed by atoms with van der Waals surface area (Å²) >= 11 is 0. The predicted octanol–water partition coefficient (Wildman–Crippen LogP) is 11.7. The van der Waals surface area contributed by atoms with Crippen LogP contribution >= 0.6 is 0 Å². The summed E-state index contributed by atoms with van der Waals surface area (Å²) in [4.78, 5) is 13.7. The average molecular weight is 1170 g/mol. The van der Waals surface area contributed by atoms with E-state index in [-0.39, 0.29) is 66.1 Å². The SMILES string of the molecule is CC(=O)O[C@@H]1[C@@H](O[C@H]2[C@@H](OCc3ccccc3)[C@H](OCc3ccccc3)[C@@H]([C@@H](COCc3ccccc3)OCc3ccccc3)O[C@@H]2O)O[C@H]([C@@H](COCc2ccccc2)OCc2ccccc2)[C@@H](OCc2ccccc2)[C@@H]1OCc1ccccc1. The second-order valence-electron chi connectivity index (χ2n) is 21.4. The molecule has 2 aliphatic rings. The Bertz CT molecular complexity index is 3140. The van der Waals surface area contributed by atoms with E-state index in [0.717, 1.165) is 44.5 Å². The second-order valence-corrected chi connectivity index (χ2v) is 21.4. The summed E-state index contributed by atoms with van der Waals surface area (Å²) in [6.07, 6.45) is -14.0. The number of hydrogen-bond acceptors (Lipinski definition) is 14. The lowest BCUT2D eigenvalue weighted by Gasteiger charge is -2.50. The van der Waals surface area contributed by atoms with E-state index in [1.165, 1.54) is 6.92 Å². The third kappa shape index (κ3) is 18.4. The molecule has 8 aromatic carbocycles. The molecular weight excluding hydrogens is 1090 g/mol. The summed E-state index contributed by atoms with van der Waals surface area (Å²) in [6, 6.07) is 78.3. The number of rotatable bonds is 31. The van der Waals surface area contributed by atoms with Crippen molar-refractivity contribution in [2.75, 3.05) is 13.2 Å². The molecule has 1 N–H and O–H groups in total. The Morgan fingerprint density at radius 1 is 0.360 bits per heavy atom. The molecule has 2 fully saturated rings. The van der Waals surface area contributed by atoms with Crippen molar-refractivity contribution in [2.24, 2.45) is 0 Å². The van der Waals surface area contributed by atoms with Gasteiger partial charge in [-0.15, -0.1) is 0 Å². The van der Waals surface area contributed by atoms with Crippen LogP contribution < -0.4 is 0 Å². The monoisotopic (exact) mass is 1160 g/mol. The molecule has 86 heavy (non-hydrogen) atoms. The highest BCUT2D eigenvalue weighted by Crippen LogP contribution is 2.38. The van der Waals surface area contributed by atoms with Crippen molar-refractivity contribution in [1.82, 2.24) is 0 Å². The Kier molecular flexibility index (Phi) is 23.7. The zero-order valence-electron chi connectivity index (χ0n) is 48.3. The van der Waals surface area contributed by atoms with E-state index >= 15 is 0 Å². The van der Waals surface area contributed by atoms with Crippen LogP contribution in [-0.2, 0) is 114 Å². The van der Waals surface area contributed by atoms with Gasteiger partial charge in [0, 0.05) is 6.92 Å². The van der Waals surface area contributed by atoms with Crippen molar-refractivity contribution in [3.8, 4) is 0 Å². The molecule has 0 aromatic heterocycles. The number of carbonyl (C=O) groups is 1. The third-order valence-electron chi connectivity index (χ3n) is 14.9. The van der Waals surface area contributed by atoms with Crippen LogP contribution in [0.15, 0.2) is 243 Å². The molecule has 8 aromatic rings. The van der Waals surface area contributed by atoms with E-state index in [2.05, 4.69) is 0 Å². The molecular formula is C72H76O14. The summed E-state index contributed by atoms with van der Waals surface area (Å²) < 4.78 is 82.8. The fraction of sp³-hybridized carbons (Fsp3) is 0.319. The number of carbonyl (C=O) groups excluding carboxylic acids is 1. The smallest absolute Gasteiger partial charge is 0.303 e. The molecule has 2 saturated heterocycles. The quantitative estimate of drug-likeness (QED) is 0.0411. The lowest BCUT2D eigenvalue weighted by atomic mass is 9.92. The molecule has 14 nitrogen and oxygen atoms in total. The van der Waals surface area contributed by atoms with Crippen molar-refractivity contribution < 1.29 is 66.7 Å². The summed E-state index contributed by atoms with van der Waals surface area (Å²) in [5.74, 6) is -0.640. The van der Waals surface area contributed by atoms with Crippen LogP contribution in [0.25, 0.3) is 0 Å². The van der Waals surface area contributed by atoms with E-state index in [0.29, 0.717) is 0 Å². The van der Waals surface area contributed by atoms with E-state index in [1.807, 2.05) is 243 Å². The number of hydrogen-bond donors (Lipinski definition) is 1. The van der Waals surface area contributed by atoms with Crippen LogP contribution in [0.3, 0.4) is 0 Å². The molecule has 2 aliphatic heterocycles. The summed E-state index contributed by atoms with van der Waals surface area (Å²) in [5.41, 5.74) is 7.22. The molecule has 0 bridgehead atoms. The van der Waals surface area contributed by atoms with E-state index < -0.39 is 79.6 Å². The van der Waals surface area contributed by atoms with Gasteiger partial charge in [-0.05, 0) is 44.5 Å². The average Bonchev–Trinajstić information content (AvgIpc) is 1.81. The Hall–Kier alpha value is -7.25. The van der Waals surface area contributed by atoms with Gasteiger partial charge in [0.1, 0.15) is 54.9 Å². The molecule has 0 spiro atoms. The van der Waals surface area contributed by atoms with Gasteiger partial charge >= 0.3 is 5.97 Å². The molecule has 14 heteroatoms. The molecule has 0 radical (unpaired) electrons. The molecule has 2 heterocycles. The van der Waals surface area contributed by atoms with Gasteiger partial charge in [0.05, 0.1) is 66.1 Å². The predicted molar refractivity (Wildman–Crippen MR) is 322 cm³/mol. The van der Waals surface area contributed by atoms with Gasteiger partial charge in [0.25, 0.3) is 0 Å². The number of benzene rings is 8. The maximum absolute atomic E-state index is 13.7. The van der Waals surface area contributed by atoms with Gasteiger partial charge in [0.2, 0.25) is 0 Å². The van der Waals surface area contributed by atoms with Crippen molar-refractivity contribution in [2.45, 2.75) is 133 Å². The highest BCUT2D eigenvalue weighted by Gasteiger charge is 2.57. The number of aliphatic hydroxyl groups is 1. The summed E-state index contributed by atoms with van der Waals surface area (Å²) in [5, 5.41) is 12.9. The Balaban J connectivity index is 1.05. The number of esters is 1. The highest BCUT2D eigenvalue weighted by atomic mass is 16.8. The first kappa shape index (κ1) is 61.8. The van der Waals surface area contributed by atoms with Gasteiger partial charge in [-0.2, -0.15) is 0 Å². The molecule has 10 rings (SSSR count). The fourth-order valence-electron chi connectivity index (χ4n) is 10.6. The Labute approximate surface area is 504 Å². The maximum atomic E-state index is 13.7. The van der Waals surface area contributed by atoms with Gasteiger partial charge in [-0.3, -0.25) is 4.79 Å². The molecule has 12 atom stereocenters. The standard InChI is InChI=1S/C72H76O14/c1-52(73)83-70-68(82-49-60-40-24-9-25-41-60)66(80-47-58-36-20-7-21-37-58)64(62(78-45-56-32-16-5-17-33-56)51-76-43-54-28-12-3-13-29-54)85-72(70)86-69-67(81-48-59-38-22-8-23-39-59)65(79-46-57-34-18-6-19-35-57)63(84-71(69)74)61(77-44-55-30-14-4-15-31-55)50-75-42-53-26-10-2-11-27-53/h2-41,61-72,74H,42-51H2,1H3/t61-,62-,63-,64-,65-,66-,67+,68+,69+,70+,71+,72-/m1/s1. The zero-order chi connectivity index (χ0) is 59.0. The van der Waals surface area contributed by atoms with Crippen LogP contribution in [0.4, 0.5) is 0 Å². The lowest BCUT2D eigenvalue weighted by molar-refractivity contribution is -0.383. The molecule has 0 saturated carbocycles. The highest BCUT2D eigenvalue weighted by molar-refractivity contribution is 5.66. The van der Waals surface area contributed by atoms with Crippen LogP contribution in [0.2, 0.25) is 0 Å². The minimum Gasteiger partial charge on any atom is -0.454 e. The number of ether oxygens (including phenoxy) is 12. The Morgan fingerprint density at radius 2 is 0.640 bits per heavy atom. The van der Waals surface area contributed by atoms with Crippen LogP contribution in [0, 0.1) is 0 Å². The van der Waals surface area contributed by atoms with Crippen LogP contribution in [0.5, 0.6) is 0 Å². The summed E-state index contributed by atoms with van der Waals surface area (Å²) in [7, 11) is 0. The van der Waals surface area contributed by atoms with Crippen molar-refractivity contribution in [1.29, 1.82) is 0 Å². The zero-order valence-corrected chi connectivity index (χ0v) is 48.3.